The average Bonchev–Trinajstić information content (AvgIpc) is 3.54. The second kappa shape index (κ2) is 8.06. The third-order valence-corrected chi connectivity index (χ3v) is 7.58. The maximum Gasteiger partial charge on any atom is 0.324 e. The molecule has 0 aliphatic heterocycles. The molecule has 6 heteroatoms. The molecular formula is C25H29N3O3. The first-order valence-electron chi connectivity index (χ1n) is 11.6. The number of rotatable bonds is 5. The van der Waals surface area contributed by atoms with Crippen LogP contribution in [0.5, 0.6) is 6.01 Å². The van der Waals surface area contributed by atoms with Crippen LogP contribution in [0, 0.1) is 11.3 Å². The lowest BCUT2D eigenvalue weighted by Crippen LogP contribution is -2.44. The number of anilines is 1. The topological polar surface area (TPSA) is 81.2 Å². The van der Waals surface area contributed by atoms with Crippen molar-refractivity contribution >= 4 is 17.6 Å². The molecule has 0 bridgehead atoms. The zero-order chi connectivity index (χ0) is 21.4. The van der Waals surface area contributed by atoms with Crippen LogP contribution in [0.2, 0.25) is 0 Å². The lowest BCUT2D eigenvalue weighted by Gasteiger charge is -2.33. The Morgan fingerprint density at radius 2 is 1.58 bits per heavy atom. The van der Waals surface area contributed by atoms with E-state index < -0.39 is 17.3 Å². The summed E-state index contributed by atoms with van der Waals surface area (Å²) in [6.45, 7) is 1.82. The minimum Gasteiger partial charge on any atom is -0.391 e. The summed E-state index contributed by atoms with van der Waals surface area (Å²) in [6.07, 6.45) is 12.9. The summed E-state index contributed by atoms with van der Waals surface area (Å²) in [5, 5.41) is 3.35. The molecule has 0 unspecified atom stereocenters. The highest BCUT2D eigenvalue weighted by Gasteiger charge is 2.49. The lowest BCUT2D eigenvalue weighted by atomic mass is 9.73. The summed E-state index contributed by atoms with van der Waals surface area (Å²) >= 11 is 0. The van der Waals surface area contributed by atoms with Crippen LogP contribution in [0.3, 0.4) is 0 Å². The van der Waals surface area contributed by atoms with E-state index in [0.29, 0.717) is 12.8 Å². The maximum atomic E-state index is 13.8. The Labute approximate surface area is 182 Å². The van der Waals surface area contributed by atoms with Gasteiger partial charge >= 0.3 is 12.0 Å². The number of carbonyl (C=O) groups excluding carboxylic acids is 2. The van der Waals surface area contributed by atoms with E-state index in [0.717, 1.165) is 57.1 Å². The molecule has 3 aliphatic rings. The zero-order valence-electron chi connectivity index (χ0n) is 18.1. The minimum atomic E-state index is -0.751. The van der Waals surface area contributed by atoms with E-state index in [2.05, 4.69) is 21.4 Å². The smallest absolute Gasteiger partial charge is 0.324 e. The fraction of sp³-hybridized carbons (Fsp3) is 0.520. The van der Waals surface area contributed by atoms with Crippen molar-refractivity contribution in [1.82, 2.24) is 9.97 Å². The van der Waals surface area contributed by atoms with Crippen LogP contribution in [0.15, 0.2) is 24.5 Å². The zero-order valence-corrected chi connectivity index (χ0v) is 18.1. The Kier molecular flexibility index (Phi) is 5.24. The first-order valence-corrected chi connectivity index (χ1v) is 11.6. The Balaban J connectivity index is 1.42. The van der Waals surface area contributed by atoms with Crippen LogP contribution < -0.4 is 10.1 Å². The number of amides is 1. The molecule has 162 valence electrons. The summed E-state index contributed by atoms with van der Waals surface area (Å²) in [7, 11) is 0. The predicted molar refractivity (Wildman–Crippen MR) is 117 cm³/mol. The summed E-state index contributed by atoms with van der Waals surface area (Å²) in [4.78, 5) is 34.7. The molecule has 1 atom stereocenters. The van der Waals surface area contributed by atoms with Crippen molar-refractivity contribution in [2.24, 2.45) is 11.3 Å². The second-order valence-corrected chi connectivity index (χ2v) is 9.23. The fourth-order valence-corrected chi connectivity index (χ4v) is 5.81. The number of aromatic nitrogens is 2. The minimum absolute atomic E-state index is 0.0298. The van der Waals surface area contributed by atoms with Gasteiger partial charge in [0.05, 0.1) is 11.3 Å². The first kappa shape index (κ1) is 20.2. The maximum absolute atomic E-state index is 13.8. The van der Waals surface area contributed by atoms with Gasteiger partial charge in [-0.25, -0.2) is 9.97 Å². The number of hydrogen-bond acceptors (Lipinski definition) is 5. The third-order valence-electron chi connectivity index (χ3n) is 7.58. The number of esters is 1. The quantitative estimate of drug-likeness (QED) is 0.735. The van der Waals surface area contributed by atoms with Crippen molar-refractivity contribution in [3.63, 3.8) is 0 Å². The summed E-state index contributed by atoms with van der Waals surface area (Å²) < 4.78 is 5.42. The van der Waals surface area contributed by atoms with Gasteiger partial charge in [0, 0.05) is 18.1 Å². The second-order valence-electron chi connectivity index (χ2n) is 9.23. The number of benzene rings is 1. The van der Waals surface area contributed by atoms with Gasteiger partial charge in [-0.3, -0.25) is 9.59 Å². The molecule has 5 rings (SSSR count). The normalized spacial score (nSPS) is 19.5. The fourth-order valence-electron chi connectivity index (χ4n) is 5.81. The summed E-state index contributed by atoms with van der Waals surface area (Å²) in [5.41, 5.74) is 5.71. The molecular weight excluding hydrogens is 390 g/mol. The van der Waals surface area contributed by atoms with Crippen molar-refractivity contribution in [1.29, 1.82) is 0 Å². The van der Waals surface area contributed by atoms with E-state index in [1.54, 1.807) is 6.07 Å². The molecule has 2 aromatic rings. The third kappa shape index (κ3) is 3.52. The largest absolute Gasteiger partial charge is 0.391 e. The Bertz CT molecular complexity index is 980. The lowest BCUT2D eigenvalue weighted by molar-refractivity contribution is -0.148. The molecule has 0 saturated heterocycles. The van der Waals surface area contributed by atoms with Gasteiger partial charge in [-0.2, -0.15) is 0 Å². The van der Waals surface area contributed by atoms with Crippen molar-refractivity contribution < 1.29 is 14.3 Å². The molecule has 1 fully saturated rings. The van der Waals surface area contributed by atoms with E-state index in [-0.39, 0.29) is 11.9 Å². The monoisotopic (exact) mass is 419 g/mol. The highest BCUT2D eigenvalue weighted by Crippen LogP contribution is 2.47. The number of aryl methyl sites for hydroxylation is 2. The molecule has 1 saturated carbocycles. The van der Waals surface area contributed by atoms with E-state index in [9.17, 15) is 9.59 Å². The van der Waals surface area contributed by atoms with E-state index in [1.807, 2.05) is 6.92 Å². The van der Waals surface area contributed by atoms with Crippen LogP contribution in [-0.2, 0) is 35.3 Å². The number of ether oxygens (including phenoxy) is 1. The molecule has 6 nitrogen and oxygen atoms in total. The molecule has 1 heterocycles. The summed E-state index contributed by atoms with van der Waals surface area (Å²) in [5.74, 6) is -1.03. The van der Waals surface area contributed by atoms with Gasteiger partial charge in [-0.15, -0.1) is 0 Å². The Morgan fingerprint density at radius 3 is 2.19 bits per heavy atom. The number of nitrogens with one attached hydrogen (secondary N) is 1. The molecule has 0 spiro atoms. The van der Waals surface area contributed by atoms with E-state index in [1.165, 1.54) is 34.6 Å². The van der Waals surface area contributed by atoms with Crippen LogP contribution in [0.1, 0.15) is 67.7 Å². The summed E-state index contributed by atoms with van der Waals surface area (Å²) in [6, 6.07) is 4.07. The number of carbonyl (C=O) groups is 2. The van der Waals surface area contributed by atoms with Crippen LogP contribution in [0.4, 0.5) is 5.69 Å². The van der Waals surface area contributed by atoms with Gasteiger partial charge in [-0.05, 0) is 79.7 Å². The number of nitrogens with zero attached hydrogens (tertiary/aromatic N) is 2. The van der Waals surface area contributed by atoms with Crippen molar-refractivity contribution in [3.05, 3.63) is 46.8 Å². The Morgan fingerprint density at radius 1 is 0.968 bits per heavy atom. The van der Waals surface area contributed by atoms with Gasteiger partial charge in [0.2, 0.25) is 5.91 Å². The van der Waals surface area contributed by atoms with Gasteiger partial charge < -0.3 is 10.1 Å². The molecule has 1 aromatic carbocycles. The standard InChI is InChI=1S/C25H29N3O3/c1-16(22(29)31-24-26-13-6-14-27-24)25(11-2-3-12-25)23(30)28-21-19-9-4-7-17(19)15-18-8-5-10-20(18)21/h6,13-16H,2-5,7-12H2,1H3,(H,28,30)/t16-/m0/s1. The predicted octanol–water partition coefficient (Wildman–Crippen LogP) is 4.19. The van der Waals surface area contributed by atoms with Gasteiger partial charge in [0.15, 0.2) is 0 Å². The highest BCUT2D eigenvalue weighted by molar-refractivity contribution is 6.00. The van der Waals surface area contributed by atoms with Crippen LogP contribution in [0.25, 0.3) is 0 Å². The first-order chi connectivity index (χ1) is 15.1. The van der Waals surface area contributed by atoms with Crippen molar-refractivity contribution in [2.45, 2.75) is 71.1 Å². The van der Waals surface area contributed by atoms with E-state index >= 15 is 0 Å². The van der Waals surface area contributed by atoms with Crippen LogP contribution in [-0.4, -0.2) is 21.8 Å². The van der Waals surface area contributed by atoms with Crippen LogP contribution >= 0.6 is 0 Å². The number of hydrogen-bond donors (Lipinski definition) is 1. The van der Waals surface area contributed by atoms with Gasteiger partial charge in [-0.1, -0.05) is 25.8 Å². The average molecular weight is 420 g/mol. The number of fused-ring (bicyclic) bond motifs is 2. The molecule has 1 N–H and O–H groups in total. The molecule has 1 aromatic heterocycles. The molecule has 31 heavy (non-hydrogen) atoms. The van der Waals surface area contributed by atoms with Crippen molar-refractivity contribution in [2.75, 3.05) is 5.32 Å². The SMILES string of the molecule is C[C@@H](C(=O)Oc1ncccn1)C1(C(=O)Nc2c3c(cc4c2CCC4)CCC3)CCCC1. The van der Waals surface area contributed by atoms with Gasteiger partial charge in [0.1, 0.15) is 0 Å². The molecule has 3 aliphatic carbocycles. The molecule has 1 amide bonds. The van der Waals surface area contributed by atoms with Gasteiger partial charge in [0.25, 0.3) is 0 Å². The van der Waals surface area contributed by atoms with Crippen molar-refractivity contribution in [3.8, 4) is 6.01 Å². The molecule has 0 radical (unpaired) electrons. The van der Waals surface area contributed by atoms with E-state index in [4.69, 9.17) is 4.74 Å². The Hall–Kier alpha value is -2.76. The highest BCUT2D eigenvalue weighted by atomic mass is 16.5.